The normalized spacial score (nSPS) is 17.6. The van der Waals surface area contributed by atoms with Gasteiger partial charge >= 0.3 is 5.97 Å². The summed E-state index contributed by atoms with van der Waals surface area (Å²) in [6.45, 7) is 3.74. The second-order valence-corrected chi connectivity index (χ2v) is 8.81. The predicted molar refractivity (Wildman–Crippen MR) is 120 cm³/mol. The number of aromatic nitrogens is 1. The number of piperidine rings is 1. The van der Waals surface area contributed by atoms with E-state index in [4.69, 9.17) is 18.9 Å². The summed E-state index contributed by atoms with van der Waals surface area (Å²) in [4.78, 5) is 19.1. The number of esters is 1. The van der Waals surface area contributed by atoms with E-state index in [-0.39, 0.29) is 5.41 Å². The first kappa shape index (κ1) is 21.9. The molecule has 8 heteroatoms. The molecule has 0 amide bonds. The van der Waals surface area contributed by atoms with Gasteiger partial charge in [0.2, 0.25) is 0 Å². The van der Waals surface area contributed by atoms with Crippen molar-refractivity contribution in [2.45, 2.75) is 25.9 Å². The summed E-state index contributed by atoms with van der Waals surface area (Å²) in [5.74, 6) is 0.927. The molecular weight excluding hydrogens is 464 g/mol. The Labute approximate surface area is 190 Å². The Hall–Kier alpha value is -2.32. The topological polar surface area (TPSA) is 70.1 Å². The van der Waals surface area contributed by atoms with Crippen LogP contribution in [0.1, 0.15) is 35.3 Å². The van der Waals surface area contributed by atoms with Gasteiger partial charge in [-0.15, -0.1) is 0 Å². The van der Waals surface area contributed by atoms with Gasteiger partial charge in [-0.1, -0.05) is 12.1 Å². The third-order valence-electron chi connectivity index (χ3n) is 6.21. The molecule has 2 aromatic rings. The van der Waals surface area contributed by atoms with E-state index in [9.17, 15) is 4.79 Å². The average molecular weight is 491 g/mol. The fourth-order valence-corrected chi connectivity index (χ4v) is 4.61. The molecule has 0 bridgehead atoms. The van der Waals surface area contributed by atoms with E-state index < -0.39 is 5.97 Å². The zero-order valence-electron chi connectivity index (χ0n) is 17.9. The van der Waals surface area contributed by atoms with E-state index in [0.717, 1.165) is 62.6 Å². The van der Waals surface area contributed by atoms with Crippen LogP contribution in [0.4, 0.5) is 5.69 Å². The maximum absolute atomic E-state index is 12.4. The van der Waals surface area contributed by atoms with Crippen LogP contribution >= 0.6 is 15.9 Å². The molecule has 0 radical (unpaired) electrons. The van der Waals surface area contributed by atoms with Gasteiger partial charge in [0, 0.05) is 25.8 Å². The van der Waals surface area contributed by atoms with Crippen LogP contribution in [0.15, 0.2) is 34.9 Å². The monoisotopic (exact) mass is 490 g/mol. The first-order valence-electron chi connectivity index (χ1n) is 10.4. The molecule has 166 valence electrons. The van der Waals surface area contributed by atoms with Gasteiger partial charge in [0.05, 0.1) is 26.5 Å². The molecule has 2 saturated heterocycles. The third kappa shape index (κ3) is 4.80. The van der Waals surface area contributed by atoms with Crippen LogP contribution in [0.25, 0.3) is 0 Å². The Morgan fingerprint density at radius 2 is 1.94 bits per heavy atom. The summed E-state index contributed by atoms with van der Waals surface area (Å²) < 4.78 is 22.3. The largest absolute Gasteiger partial charge is 0.497 e. The Bertz CT molecular complexity index is 918. The number of carbonyl (C=O) groups excluding carboxylic acids is 1. The van der Waals surface area contributed by atoms with Gasteiger partial charge in [0.25, 0.3) is 0 Å². The van der Waals surface area contributed by atoms with E-state index in [1.165, 1.54) is 7.11 Å². The Morgan fingerprint density at radius 1 is 1.19 bits per heavy atom. The zero-order valence-corrected chi connectivity index (χ0v) is 19.4. The van der Waals surface area contributed by atoms with Crippen molar-refractivity contribution < 1.29 is 23.7 Å². The Balaban J connectivity index is 1.54. The number of rotatable bonds is 6. The quantitative estimate of drug-likeness (QED) is 0.443. The van der Waals surface area contributed by atoms with Crippen LogP contribution in [0.5, 0.6) is 11.5 Å². The van der Waals surface area contributed by atoms with Crippen LogP contribution < -0.4 is 14.4 Å². The second-order valence-electron chi connectivity index (χ2n) is 8.06. The SMILES string of the molecule is COC(=O)c1nc(Br)c(OCc2ccc(OC)cc2)cc1N1CCC2(CCOC2)CC1. The number of carbonyl (C=O) groups is 1. The highest BCUT2D eigenvalue weighted by molar-refractivity contribution is 9.10. The summed E-state index contributed by atoms with van der Waals surface area (Å²) >= 11 is 3.45. The number of nitrogens with zero attached hydrogens (tertiary/aromatic N) is 2. The summed E-state index contributed by atoms with van der Waals surface area (Å²) in [7, 11) is 3.01. The van der Waals surface area contributed by atoms with Crippen molar-refractivity contribution in [3.63, 3.8) is 0 Å². The van der Waals surface area contributed by atoms with Gasteiger partial charge in [-0.3, -0.25) is 0 Å². The molecule has 0 aliphatic carbocycles. The lowest BCUT2D eigenvalue weighted by Crippen LogP contribution is -2.41. The minimum Gasteiger partial charge on any atom is -0.497 e. The van der Waals surface area contributed by atoms with E-state index in [0.29, 0.717) is 22.7 Å². The fourth-order valence-electron chi connectivity index (χ4n) is 4.20. The predicted octanol–water partition coefficient (Wildman–Crippen LogP) is 4.23. The number of pyridine rings is 1. The van der Waals surface area contributed by atoms with Crippen molar-refractivity contribution in [1.29, 1.82) is 0 Å². The maximum atomic E-state index is 12.4. The molecule has 3 heterocycles. The number of benzene rings is 1. The summed E-state index contributed by atoms with van der Waals surface area (Å²) in [5.41, 5.74) is 2.32. The molecule has 2 fully saturated rings. The molecule has 1 aromatic carbocycles. The highest BCUT2D eigenvalue weighted by Gasteiger charge is 2.39. The molecule has 0 atom stereocenters. The summed E-state index contributed by atoms with van der Waals surface area (Å²) in [5, 5.41) is 0. The summed E-state index contributed by atoms with van der Waals surface area (Å²) in [6.07, 6.45) is 3.18. The van der Waals surface area contributed by atoms with Gasteiger partial charge in [-0.2, -0.15) is 0 Å². The first-order valence-corrected chi connectivity index (χ1v) is 11.2. The molecule has 2 aliphatic rings. The van der Waals surface area contributed by atoms with Crippen LogP contribution in [0, 0.1) is 5.41 Å². The minimum atomic E-state index is -0.457. The number of ether oxygens (including phenoxy) is 4. The average Bonchev–Trinajstić information content (AvgIpc) is 3.26. The molecule has 7 nitrogen and oxygen atoms in total. The minimum absolute atomic E-state index is 0.276. The van der Waals surface area contributed by atoms with Gasteiger partial charge < -0.3 is 23.8 Å². The van der Waals surface area contributed by atoms with Crippen molar-refractivity contribution in [2.75, 3.05) is 45.4 Å². The van der Waals surface area contributed by atoms with Crippen molar-refractivity contribution >= 4 is 27.6 Å². The zero-order chi connectivity index (χ0) is 21.8. The van der Waals surface area contributed by atoms with Crippen molar-refractivity contribution in [3.05, 3.63) is 46.2 Å². The van der Waals surface area contributed by atoms with Crippen molar-refractivity contribution in [1.82, 2.24) is 4.98 Å². The van der Waals surface area contributed by atoms with E-state index >= 15 is 0 Å². The molecular formula is C23H27BrN2O5. The lowest BCUT2D eigenvalue weighted by atomic mass is 9.78. The summed E-state index contributed by atoms with van der Waals surface area (Å²) in [6, 6.07) is 9.59. The van der Waals surface area contributed by atoms with E-state index in [1.807, 2.05) is 30.3 Å². The molecule has 4 rings (SSSR count). The first-order chi connectivity index (χ1) is 15.0. The molecule has 0 saturated carbocycles. The van der Waals surface area contributed by atoms with Gasteiger partial charge in [0.1, 0.15) is 17.0 Å². The number of methoxy groups -OCH3 is 2. The standard InChI is InChI=1S/C23H27BrN2O5/c1-28-17-5-3-16(4-6-17)14-31-19-13-18(20(22(27)29-2)25-21(19)24)26-10-7-23(8-11-26)9-12-30-15-23/h3-6,13H,7-12,14-15H2,1-2H3. The molecule has 0 N–H and O–H groups in total. The highest BCUT2D eigenvalue weighted by Crippen LogP contribution is 2.41. The highest BCUT2D eigenvalue weighted by atomic mass is 79.9. The fraction of sp³-hybridized carbons (Fsp3) is 0.478. The van der Waals surface area contributed by atoms with E-state index in [2.05, 4.69) is 25.8 Å². The number of hydrogen-bond donors (Lipinski definition) is 0. The molecule has 31 heavy (non-hydrogen) atoms. The van der Waals surface area contributed by atoms with Crippen LogP contribution in [0.2, 0.25) is 0 Å². The Morgan fingerprint density at radius 3 is 2.55 bits per heavy atom. The lowest BCUT2D eigenvalue weighted by Gasteiger charge is -2.39. The third-order valence-corrected chi connectivity index (χ3v) is 6.77. The van der Waals surface area contributed by atoms with Gasteiger partial charge in [0.15, 0.2) is 11.4 Å². The second kappa shape index (κ2) is 9.44. The lowest BCUT2D eigenvalue weighted by molar-refractivity contribution is 0.0594. The smallest absolute Gasteiger partial charge is 0.358 e. The molecule has 1 spiro atoms. The Kier molecular flexibility index (Phi) is 6.67. The molecule has 0 unspecified atom stereocenters. The number of halogens is 1. The van der Waals surface area contributed by atoms with Crippen molar-refractivity contribution in [3.8, 4) is 11.5 Å². The van der Waals surface area contributed by atoms with Gasteiger partial charge in [-0.05, 0) is 58.3 Å². The number of hydrogen-bond acceptors (Lipinski definition) is 7. The van der Waals surface area contributed by atoms with Crippen molar-refractivity contribution in [2.24, 2.45) is 5.41 Å². The maximum Gasteiger partial charge on any atom is 0.358 e. The molecule has 2 aliphatic heterocycles. The van der Waals surface area contributed by atoms with E-state index in [1.54, 1.807) is 7.11 Å². The molecule has 1 aromatic heterocycles. The van der Waals surface area contributed by atoms with Gasteiger partial charge in [-0.25, -0.2) is 9.78 Å². The van der Waals surface area contributed by atoms with Crippen LogP contribution in [-0.4, -0.2) is 51.5 Å². The van der Waals surface area contributed by atoms with Crippen LogP contribution in [0.3, 0.4) is 0 Å². The number of anilines is 1. The van der Waals surface area contributed by atoms with Crippen LogP contribution in [-0.2, 0) is 16.1 Å².